The number of rotatable bonds is 2. The van der Waals surface area contributed by atoms with Gasteiger partial charge in [0.05, 0.1) is 0 Å². The zero-order chi connectivity index (χ0) is 14.4. The van der Waals surface area contributed by atoms with E-state index >= 15 is 0 Å². The van der Waals surface area contributed by atoms with Crippen molar-refractivity contribution in [1.29, 1.82) is 0 Å². The van der Waals surface area contributed by atoms with Crippen LogP contribution in [0.4, 0.5) is 0 Å². The molecule has 0 spiro atoms. The molecular formula is C13H16N2O4. The van der Waals surface area contributed by atoms with E-state index in [1.165, 1.54) is 10.8 Å². The highest BCUT2D eigenvalue weighted by molar-refractivity contribution is 5.96. The largest absolute Gasteiger partial charge is 0.480 e. The van der Waals surface area contributed by atoms with Crippen LogP contribution in [0.3, 0.4) is 0 Å². The fourth-order valence-electron chi connectivity index (χ4n) is 2.46. The first-order valence-electron chi connectivity index (χ1n) is 5.92. The molecule has 102 valence electrons. The van der Waals surface area contributed by atoms with E-state index in [1.54, 1.807) is 13.1 Å². The van der Waals surface area contributed by atoms with Crippen molar-refractivity contribution in [3.8, 4) is 0 Å². The van der Waals surface area contributed by atoms with Crippen molar-refractivity contribution >= 4 is 18.2 Å². The molecule has 0 saturated heterocycles. The van der Waals surface area contributed by atoms with Gasteiger partial charge in [0.2, 0.25) is 0 Å². The quantitative estimate of drug-likeness (QED) is 0.841. The Hall–Kier alpha value is -2.11. The third kappa shape index (κ3) is 2.03. The van der Waals surface area contributed by atoms with Crippen molar-refractivity contribution in [2.24, 2.45) is 12.0 Å². The molecule has 6 nitrogen and oxygen atoms in total. The molecule has 0 fully saturated rings. The van der Waals surface area contributed by atoms with Gasteiger partial charge in [0.1, 0.15) is 11.6 Å². The maximum absolute atomic E-state index is 11.4. The van der Waals surface area contributed by atoms with Crippen LogP contribution in [0, 0.1) is 0 Å². The van der Waals surface area contributed by atoms with Crippen LogP contribution < -0.4 is 0 Å². The number of carbonyl (C=O) groups is 2. The highest BCUT2D eigenvalue weighted by Gasteiger charge is 2.36. The maximum Gasteiger partial charge on any atom is 0.352 e. The lowest BCUT2D eigenvalue weighted by molar-refractivity contribution is -0.137. The van der Waals surface area contributed by atoms with E-state index in [1.807, 2.05) is 13.8 Å². The molecule has 0 amide bonds. The monoisotopic (exact) mass is 264 g/mol. The van der Waals surface area contributed by atoms with Gasteiger partial charge in [-0.1, -0.05) is 13.8 Å². The Bertz CT molecular complexity index is 584. The standard InChI is InChI=1S/C13H16N2O4/c1-13(2)6-14-5-7(11(16)17)10-8(13)4-9(12(18)19)15(10)3/h4-5,7H,6H2,1-3H3,(H,16,17)(H,18,19). The van der Waals surface area contributed by atoms with Crippen LogP contribution in [-0.4, -0.2) is 39.5 Å². The second kappa shape index (κ2) is 4.22. The predicted octanol–water partition coefficient (Wildman–Crippen LogP) is 1.25. The summed E-state index contributed by atoms with van der Waals surface area (Å²) >= 11 is 0. The average Bonchev–Trinajstić information content (AvgIpc) is 2.55. The summed E-state index contributed by atoms with van der Waals surface area (Å²) in [5, 5.41) is 18.5. The highest BCUT2D eigenvalue weighted by Crippen LogP contribution is 2.35. The van der Waals surface area contributed by atoms with Crippen molar-refractivity contribution in [2.75, 3.05) is 6.54 Å². The second-order valence-electron chi connectivity index (χ2n) is 5.38. The van der Waals surface area contributed by atoms with Crippen LogP contribution in [0.5, 0.6) is 0 Å². The summed E-state index contributed by atoms with van der Waals surface area (Å²) in [6, 6.07) is 1.56. The Labute approximate surface area is 110 Å². The number of aromatic nitrogens is 1. The Kier molecular flexibility index (Phi) is 2.96. The van der Waals surface area contributed by atoms with Crippen LogP contribution in [0.15, 0.2) is 11.1 Å². The number of carboxylic acid groups (broad SMARTS) is 2. The first-order chi connectivity index (χ1) is 8.75. The Morgan fingerprint density at radius 2 is 2.05 bits per heavy atom. The summed E-state index contributed by atoms with van der Waals surface area (Å²) in [6.45, 7) is 4.30. The van der Waals surface area contributed by atoms with Crippen LogP contribution in [0.1, 0.15) is 41.5 Å². The van der Waals surface area contributed by atoms with E-state index in [9.17, 15) is 19.8 Å². The smallest absolute Gasteiger partial charge is 0.352 e. The molecule has 1 atom stereocenters. The van der Waals surface area contributed by atoms with Gasteiger partial charge in [0.25, 0.3) is 0 Å². The van der Waals surface area contributed by atoms with Gasteiger partial charge in [-0.2, -0.15) is 0 Å². The van der Waals surface area contributed by atoms with Gasteiger partial charge in [-0.05, 0) is 11.6 Å². The number of aliphatic carboxylic acids is 1. The van der Waals surface area contributed by atoms with Gasteiger partial charge >= 0.3 is 11.9 Å². The van der Waals surface area contributed by atoms with Crippen molar-refractivity contribution in [2.45, 2.75) is 25.2 Å². The first kappa shape index (κ1) is 13.3. The van der Waals surface area contributed by atoms with Crippen molar-refractivity contribution < 1.29 is 19.8 Å². The Morgan fingerprint density at radius 1 is 1.42 bits per heavy atom. The number of aliphatic imine (C=N–C) groups is 1. The lowest BCUT2D eigenvalue weighted by atomic mass is 9.83. The Morgan fingerprint density at radius 3 is 2.58 bits per heavy atom. The van der Waals surface area contributed by atoms with E-state index in [4.69, 9.17) is 0 Å². The highest BCUT2D eigenvalue weighted by atomic mass is 16.4. The van der Waals surface area contributed by atoms with Crippen molar-refractivity contribution in [1.82, 2.24) is 4.57 Å². The molecule has 2 rings (SSSR count). The maximum atomic E-state index is 11.4. The fraction of sp³-hybridized carbons (Fsp3) is 0.462. The molecule has 0 aromatic carbocycles. The second-order valence-corrected chi connectivity index (χ2v) is 5.38. The molecule has 0 aliphatic carbocycles. The molecule has 0 saturated carbocycles. The van der Waals surface area contributed by atoms with Gasteiger partial charge in [0.15, 0.2) is 0 Å². The van der Waals surface area contributed by atoms with Gasteiger partial charge in [-0.3, -0.25) is 9.79 Å². The Balaban J connectivity index is 2.75. The molecule has 1 aliphatic rings. The van der Waals surface area contributed by atoms with Gasteiger partial charge in [-0.25, -0.2) is 4.79 Å². The van der Waals surface area contributed by atoms with E-state index < -0.39 is 17.9 Å². The summed E-state index contributed by atoms with van der Waals surface area (Å²) in [4.78, 5) is 26.7. The SMILES string of the molecule is Cn1c(C(=O)O)cc2c1C(C(=O)O)C=NCC2(C)C. The number of carboxylic acids is 2. The summed E-state index contributed by atoms with van der Waals surface area (Å²) in [5.74, 6) is -3.00. The van der Waals surface area contributed by atoms with Crippen molar-refractivity contribution in [3.63, 3.8) is 0 Å². The third-order valence-electron chi connectivity index (χ3n) is 3.53. The molecule has 1 aromatic heterocycles. The summed E-state index contributed by atoms with van der Waals surface area (Å²) < 4.78 is 1.44. The van der Waals surface area contributed by atoms with Crippen LogP contribution >= 0.6 is 0 Å². The minimum absolute atomic E-state index is 0.0969. The molecule has 2 heterocycles. The third-order valence-corrected chi connectivity index (χ3v) is 3.53. The van der Waals surface area contributed by atoms with E-state index in [-0.39, 0.29) is 11.1 Å². The van der Waals surface area contributed by atoms with Gasteiger partial charge < -0.3 is 14.8 Å². The molecule has 2 N–H and O–H groups in total. The van der Waals surface area contributed by atoms with Crippen LogP contribution in [0.2, 0.25) is 0 Å². The first-order valence-corrected chi connectivity index (χ1v) is 5.92. The van der Waals surface area contributed by atoms with Gasteiger partial charge in [-0.15, -0.1) is 0 Å². The lowest BCUT2D eigenvalue weighted by Gasteiger charge is -2.22. The molecule has 1 aromatic rings. The number of aromatic carboxylic acids is 1. The number of fused-ring (bicyclic) bond motifs is 1. The number of hydrogen-bond donors (Lipinski definition) is 2. The molecule has 19 heavy (non-hydrogen) atoms. The normalized spacial score (nSPS) is 20.7. The minimum atomic E-state index is -1.06. The zero-order valence-electron chi connectivity index (χ0n) is 11.0. The topological polar surface area (TPSA) is 91.9 Å². The predicted molar refractivity (Wildman–Crippen MR) is 69.1 cm³/mol. The van der Waals surface area contributed by atoms with E-state index in [0.717, 1.165) is 5.56 Å². The van der Waals surface area contributed by atoms with E-state index in [2.05, 4.69) is 4.99 Å². The lowest BCUT2D eigenvalue weighted by Crippen LogP contribution is -2.23. The van der Waals surface area contributed by atoms with Gasteiger partial charge in [0, 0.05) is 30.9 Å². The molecule has 1 aliphatic heterocycles. The summed E-state index contributed by atoms with van der Waals surface area (Å²) in [7, 11) is 1.58. The van der Waals surface area contributed by atoms with Crippen LogP contribution in [-0.2, 0) is 17.3 Å². The molecule has 6 heteroatoms. The molecule has 0 radical (unpaired) electrons. The minimum Gasteiger partial charge on any atom is -0.480 e. The molecular weight excluding hydrogens is 248 g/mol. The molecule has 0 bridgehead atoms. The fourth-order valence-corrected chi connectivity index (χ4v) is 2.46. The summed E-state index contributed by atoms with van der Waals surface area (Å²) in [6.07, 6.45) is 1.39. The number of nitrogens with zero attached hydrogens (tertiary/aromatic N) is 2. The van der Waals surface area contributed by atoms with Crippen molar-refractivity contribution in [3.05, 3.63) is 23.0 Å². The summed E-state index contributed by atoms with van der Waals surface area (Å²) in [5.41, 5.74) is 0.940. The van der Waals surface area contributed by atoms with E-state index in [0.29, 0.717) is 12.2 Å². The zero-order valence-corrected chi connectivity index (χ0v) is 11.0. The molecule has 1 unspecified atom stereocenters. The number of hydrogen-bond acceptors (Lipinski definition) is 3. The van der Waals surface area contributed by atoms with Crippen LogP contribution in [0.25, 0.3) is 0 Å². The average molecular weight is 264 g/mol.